The van der Waals surface area contributed by atoms with Gasteiger partial charge in [0.05, 0.1) is 12.3 Å². The first-order chi connectivity index (χ1) is 15.5. The van der Waals surface area contributed by atoms with Crippen LogP contribution in [0.2, 0.25) is 0 Å². The van der Waals surface area contributed by atoms with Crippen molar-refractivity contribution in [2.75, 3.05) is 50.1 Å². The molecule has 1 fully saturated rings. The fourth-order valence-electron chi connectivity index (χ4n) is 5.14. The van der Waals surface area contributed by atoms with Crippen LogP contribution < -0.4 is 10.2 Å². The van der Waals surface area contributed by atoms with Gasteiger partial charge in [-0.15, -0.1) is 0 Å². The fraction of sp³-hybridized carbons (Fsp3) is 0.480. The van der Waals surface area contributed by atoms with Gasteiger partial charge in [0.1, 0.15) is 11.6 Å². The molecule has 2 heterocycles. The number of halogens is 2. The summed E-state index contributed by atoms with van der Waals surface area (Å²) in [6, 6.07) is 9.75. The predicted molar refractivity (Wildman–Crippen MR) is 122 cm³/mol. The van der Waals surface area contributed by atoms with Gasteiger partial charge in [0.25, 0.3) is 0 Å². The highest BCUT2D eigenvalue weighted by Crippen LogP contribution is 2.43. The van der Waals surface area contributed by atoms with Crippen LogP contribution in [-0.4, -0.2) is 56.1 Å². The molecule has 0 unspecified atom stereocenters. The van der Waals surface area contributed by atoms with Crippen LogP contribution in [0.4, 0.5) is 20.2 Å². The van der Waals surface area contributed by atoms with Crippen LogP contribution >= 0.6 is 0 Å². The van der Waals surface area contributed by atoms with Crippen molar-refractivity contribution in [3.63, 3.8) is 0 Å². The Bertz CT molecular complexity index is 974. The Balaban J connectivity index is 1.44. The van der Waals surface area contributed by atoms with E-state index in [0.717, 1.165) is 50.3 Å². The number of nitrogens with one attached hydrogen (secondary N) is 1. The first-order valence-corrected chi connectivity index (χ1v) is 11.3. The molecule has 7 heteroatoms. The molecule has 1 saturated heterocycles. The van der Waals surface area contributed by atoms with E-state index in [2.05, 4.69) is 22.0 Å². The number of nitrogens with zero attached hydrogens (tertiary/aromatic N) is 2. The summed E-state index contributed by atoms with van der Waals surface area (Å²) in [5.74, 6) is -0.603. The van der Waals surface area contributed by atoms with E-state index in [1.165, 1.54) is 18.2 Å². The minimum atomic E-state index is -0.366. The van der Waals surface area contributed by atoms with Gasteiger partial charge in [-0.05, 0) is 55.7 Å². The number of hydrogen-bond donors (Lipinski definition) is 1. The minimum absolute atomic E-state index is 0.0305. The van der Waals surface area contributed by atoms with Crippen molar-refractivity contribution in [1.29, 1.82) is 0 Å². The Morgan fingerprint density at radius 3 is 2.62 bits per heavy atom. The first kappa shape index (κ1) is 22.7. The summed E-state index contributed by atoms with van der Waals surface area (Å²) in [4.78, 5) is 17.5. The number of anilines is 2. The van der Waals surface area contributed by atoms with Gasteiger partial charge < -0.3 is 15.0 Å². The van der Waals surface area contributed by atoms with Crippen LogP contribution in [0.1, 0.15) is 42.1 Å². The van der Waals surface area contributed by atoms with E-state index < -0.39 is 0 Å². The Morgan fingerprint density at radius 2 is 1.91 bits per heavy atom. The Kier molecular flexibility index (Phi) is 6.76. The molecule has 2 aliphatic heterocycles. The monoisotopic (exact) mass is 443 g/mol. The zero-order chi connectivity index (χ0) is 22.7. The van der Waals surface area contributed by atoms with E-state index >= 15 is 0 Å². The molecule has 172 valence electrons. The molecule has 32 heavy (non-hydrogen) atoms. The summed E-state index contributed by atoms with van der Waals surface area (Å²) >= 11 is 0. The summed E-state index contributed by atoms with van der Waals surface area (Å²) in [5, 5.41) is 3.08. The average Bonchev–Trinajstić information content (AvgIpc) is 2.78. The molecule has 0 aromatic heterocycles. The number of Topliss-reactive ketones (excluding diaryl/α,β-unsaturated/α-hetero) is 1. The van der Waals surface area contributed by atoms with Gasteiger partial charge >= 0.3 is 0 Å². The maximum atomic E-state index is 14.1. The molecule has 4 rings (SSSR count). The largest absolute Gasteiger partial charge is 0.383 e. The highest BCUT2D eigenvalue weighted by Gasteiger charge is 2.45. The van der Waals surface area contributed by atoms with E-state index in [1.807, 2.05) is 12.1 Å². The SMILES string of the molecule is CCN1c2ccc(F)cc2C(=O)CC12CCN(Cc1ccc(F)c(NCCOC)c1)CC2. The molecule has 5 nitrogen and oxygen atoms in total. The van der Waals surface area contributed by atoms with Crippen LogP contribution in [0, 0.1) is 11.6 Å². The Morgan fingerprint density at radius 1 is 1.12 bits per heavy atom. The lowest BCUT2D eigenvalue weighted by Crippen LogP contribution is -2.58. The predicted octanol–water partition coefficient (Wildman–Crippen LogP) is 4.47. The normalized spacial score (nSPS) is 18.1. The van der Waals surface area contributed by atoms with Crippen LogP contribution in [0.25, 0.3) is 0 Å². The van der Waals surface area contributed by atoms with Gasteiger partial charge in [-0.2, -0.15) is 0 Å². The first-order valence-electron chi connectivity index (χ1n) is 11.3. The highest BCUT2D eigenvalue weighted by molar-refractivity contribution is 6.04. The molecule has 0 radical (unpaired) electrons. The summed E-state index contributed by atoms with van der Waals surface area (Å²) in [6.07, 6.45) is 2.16. The summed E-state index contributed by atoms with van der Waals surface area (Å²) in [6.45, 7) is 6.37. The number of carbonyl (C=O) groups is 1. The average molecular weight is 444 g/mol. The molecule has 2 aliphatic rings. The van der Waals surface area contributed by atoms with E-state index in [-0.39, 0.29) is 23.0 Å². The summed E-state index contributed by atoms with van der Waals surface area (Å²) in [7, 11) is 1.62. The molecule has 0 saturated carbocycles. The molecular weight excluding hydrogens is 412 g/mol. The number of piperidine rings is 1. The molecule has 0 aliphatic carbocycles. The number of fused-ring (bicyclic) bond motifs is 1. The molecule has 2 aromatic carbocycles. The number of ether oxygens (including phenoxy) is 1. The Hall–Kier alpha value is -2.51. The van der Waals surface area contributed by atoms with Crippen molar-refractivity contribution in [3.8, 4) is 0 Å². The summed E-state index contributed by atoms with van der Waals surface area (Å²) < 4.78 is 32.8. The van der Waals surface area contributed by atoms with Crippen molar-refractivity contribution in [2.45, 2.75) is 38.3 Å². The molecule has 1 spiro atoms. The fourth-order valence-corrected chi connectivity index (χ4v) is 5.14. The van der Waals surface area contributed by atoms with Gasteiger partial charge in [0, 0.05) is 63.0 Å². The third-order valence-electron chi connectivity index (χ3n) is 6.77. The minimum Gasteiger partial charge on any atom is -0.383 e. The van der Waals surface area contributed by atoms with Crippen LogP contribution in [0.5, 0.6) is 0 Å². The van der Waals surface area contributed by atoms with Crippen molar-refractivity contribution in [2.24, 2.45) is 0 Å². The number of ketones is 1. The van der Waals surface area contributed by atoms with Crippen LogP contribution in [0.3, 0.4) is 0 Å². The molecular formula is C25H31F2N3O2. The third kappa shape index (κ3) is 4.50. The lowest BCUT2D eigenvalue weighted by molar-refractivity contribution is 0.0859. The third-order valence-corrected chi connectivity index (χ3v) is 6.77. The molecule has 0 bridgehead atoms. The van der Waals surface area contributed by atoms with E-state index in [0.29, 0.717) is 30.8 Å². The van der Waals surface area contributed by atoms with Crippen molar-refractivity contribution in [3.05, 3.63) is 59.2 Å². The number of likely N-dealkylation sites (tertiary alicyclic amines) is 1. The lowest BCUT2D eigenvalue weighted by Gasteiger charge is -2.52. The van der Waals surface area contributed by atoms with Crippen molar-refractivity contribution in [1.82, 2.24) is 4.90 Å². The quantitative estimate of drug-likeness (QED) is 0.640. The summed E-state index contributed by atoms with van der Waals surface area (Å²) in [5.41, 5.74) is 2.67. The number of benzene rings is 2. The second kappa shape index (κ2) is 9.55. The van der Waals surface area contributed by atoms with Gasteiger partial charge in [-0.25, -0.2) is 8.78 Å². The van der Waals surface area contributed by atoms with Crippen LogP contribution in [-0.2, 0) is 11.3 Å². The lowest BCUT2D eigenvalue weighted by atomic mass is 9.76. The second-order valence-electron chi connectivity index (χ2n) is 8.74. The van der Waals surface area contributed by atoms with Gasteiger partial charge in [-0.3, -0.25) is 9.69 Å². The smallest absolute Gasteiger partial charge is 0.167 e. The van der Waals surface area contributed by atoms with Gasteiger partial charge in [-0.1, -0.05) is 6.07 Å². The number of rotatable bonds is 7. The molecule has 2 aromatic rings. The zero-order valence-electron chi connectivity index (χ0n) is 18.8. The maximum Gasteiger partial charge on any atom is 0.167 e. The van der Waals surface area contributed by atoms with E-state index in [9.17, 15) is 13.6 Å². The van der Waals surface area contributed by atoms with E-state index in [1.54, 1.807) is 13.2 Å². The Labute approximate surface area is 188 Å². The second-order valence-corrected chi connectivity index (χ2v) is 8.74. The standard InChI is InChI=1S/C25H31F2N3O2/c1-3-30-23-7-5-19(26)15-20(23)24(31)16-25(30)8-11-29(12-9-25)17-18-4-6-21(27)22(14-18)28-10-13-32-2/h4-7,14-15,28H,3,8-13,16-17H2,1-2H3. The number of carbonyl (C=O) groups excluding carboxylic acids is 1. The van der Waals surface area contributed by atoms with Crippen LogP contribution in [0.15, 0.2) is 36.4 Å². The number of hydrogen-bond acceptors (Lipinski definition) is 5. The van der Waals surface area contributed by atoms with Crippen molar-refractivity contribution < 1.29 is 18.3 Å². The van der Waals surface area contributed by atoms with Gasteiger partial charge in [0.15, 0.2) is 5.78 Å². The van der Waals surface area contributed by atoms with Crippen molar-refractivity contribution >= 4 is 17.2 Å². The van der Waals surface area contributed by atoms with E-state index in [4.69, 9.17) is 4.74 Å². The van der Waals surface area contributed by atoms with Gasteiger partial charge in [0.2, 0.25) is 0 Å². The number of methoxy groups -OCH3 is 1. The molecule has 0 atom stereocenters. The molecule has 0 amide bonds. The molecule has 1 N–H and O–H groups in total. The highest BCUT2D eigenvalue weighted by atomic mass is 19.1. The topological polar surface area (TPSA) is 44.8 Å². The maximum absolute atomic E-state index is 14.1. The zero-order valence-corrected chi connectivity index (χ0v) is 18.8.